The highest BCUT2D eigenvalue weighted by Gasteiger charge is 2.15. The van der Waals surface area contributed by atoms with Crippen LogP contribution in [0.5, 0.6) is 0 Å². The van der Waals surface area contributed by atoms with E-state index in [4.69, 9.17) is 0 Å². The third kappa shape index (κ3) is 6.93. The molecule has 0 rings (SSSR count). The molecule has 0 bridgehead atoms. The maximum atomic E-state index is 11.9. The van der Waals surface area contributed by atoms with E-state index in [9.17, 15) is 4.79 Å². The summed E-state index contributed by atoms with van der Waals surface area (Å²) in [7, 11) is 0. The molecule has 0 atom stereocenters. The lowest BCUT2D eigenvalue weighted by molar-refractivity contribution is -0.133. The standard InChI is InChI=1S/C12H24BrNO/c1-10(2)6-7-12(15)14(11(3)4)9-5-8-13/h10-11H,5-9H2,1-4H3. The van der Waals surface area contributed by atoms with E-state index >= 15 is 0 Å². The molecule has 0 heterocycles. The van der Waals surface area contributed by atoms with E-state index in [2.05, 4.69) is 43.6 Å². The zero-order valence-corrected chi connectivity index (χ0v) is 12.0. The molecule has 0 aromatic rings. The van der Waals surface area contributed by atoms with Crippen LogP contribution >= 0.6 is 15.9 Å². The maximum absolute atomic E-state index is 11.9. The molecular formula is C12H24BrNO. The third-order valence-corrected chi connectivity index (χ3v) is 2.97. The molecule has 90 valence electrons. The third-order valence-electron chi connectivity index (χ3n) is 2.41. The van der Waals surface area contributed by atoms with Gasteiger partial charge in [-0.2, -0.15) is 0 Å². The first kappa shape index (κ1) is 14.9. The summed E-state index contributed by atoms with van der Waals surface area (Å²) in [6, 6.07) is 0.323. The van der Waals surface area contributed by atoms with Crippen LogP contribution in [-0.2, 0) is 4.79 Å². The Balaban J connectivity index is 4.05. The minimum Gasteiger partial charge on any atom is -0.340 e. The van der Waals surface area contributed by atoms with Gasteiger partial charge in [-0.3, -0.25) is 4.79 Å². The molecule has 0 spiro atoms. The summed E-state index contributed by atoms with van der Waals surface area (Å²) in [5, 5.41) is 0.966. The van der Waals surface area contributed by atoms with E-state index in [0.717, 1.165) is 24.7 Å². The molecule has 0 aliphatic heterocycles. The quantitative estimate of drug-likeness (QED) is 0.653. The number of amides is 1. The van der Waals surface area contributed by atoms with Crippen LogP contribution in [0.15, 0.2) is 0 Å². The van der Waals surface area contributed by atoms with Crippen LogP contribution in [0, 0.1) is 5.92 Å². The van der Waals surface area contributed by atoms with Gasteiger partial charge in [0.1, 0.15) is 0 Å². The van der Waals surface area contributed by atoms with Gasteiger partial charge in [0.05, 0.1) is 0 Å². The highest BCUT2D eigenvalue weighted by atomic mass is 79.9. The fourth-order valence-electron chi connectivity index (χ4n) is 1.46. The van der Waals surface area contributed by atoms with Crippen molar-refractivity contribution in [2.45, 2.75) is 53.0 Å². The van der Waals surface area contributed by atoms with Gasteiger partial charge in [-0.25, -0.2) is 0 Å². The molecule has 0 unspecified atom stereocenters. The van der Waals surface area contributed by atoms with Crippen LogP contribution in [0.4, 0.5) is 0 Å². The van der Waals surface area contributed by atoms with Crippen LogP contribution in [0.25, 0.3) is 0 Å². The summed E-state index contributed by atoms with van der Waals surface area (Å²) in [6.07, 6.45) is 2.72. The number of carbonyl (C=O) groups is 1. The Labute approximate surface area is 103 Å². The zero-order valence-electron chi connectivity index (χ0n) is 10.4. The maximum Gasteiger partial charge on any atom is 0.222 e. The number of nitrogens with zero attached hydrogens (tertiary/aromatic N) is 1. The molecule has 0 N–H and O–H groups in total. The normalized spacial score (nSPS) is 11.1. The average molecular weight is 278 g/mol. The van der Waals surface area contributed by atoms with Gasteiger partial charge in [0.15, 0.2) is 0 Å². The largest absolute Gasteiger partial charge is 0.340 e. The monoisotopic (exact) mass is 277 g/mol. The summed E-state index contributed by atoms with van der Waals surface area (Å²) in [5.74, 6) is 0.916. The van der Waals surface area contributed by atoms with Gasteiger partial charge in [-0.05, 0) is 32.6 Å². The van der Waals surface area contributed by atoms with Crippen molar-refractivity contribution in [2.75, 3.05) is 11.9 Å². The van der Waals surface area contributed by atoms with Crippen LogP contribution < -0.4 is 0 Å². The highest BCUT2D eigenvalue weighted by molar-refractivity contribution is 9.09. The van der Waals surface area contributed by atoms with Crippen LogP contribution in [0.2, 0.25) is 0 Å². The second-order valence-electron chi connectivity index (χ2n) is 4.66. The number of rotatable bonds is 7. The van der Waals surface area contributed by atoms with Gasteiger partial charge in [0.2, 0.25) is 5.91 Å². The van der Waals surface area contributed by atoms with E-state index in [1.807, 2.05) is 4.90 Å². The van der Waals surface area contributed by atoms with Crippen LogP contribution in [-0.4, -0.2) is 28.7 Å². The summed E-state index contributed by atoms with van der Waals surface area (Å²) in [4.78, 5) is 13.9. The van der Waals surface area contributed by atoms with Crippen molar-refractivity contribution in [3.05, 3.63) is 0 Å². The van der Waals surface area contributed by atoms with Gasteiger partial charge in [0, 0.05) is 24.3 Å². The lowest BCUT2D eigenvalue weighted by Gasteiger charge is -2.27. The zero-order chi connectivity index (χ0) is 11.8. The number of alkyl halides is 1. The lowest BCUT2D eigenvalue weighted by Crippen LogP contribution is -2.37. The van der Waals surface area contributed by atoms with Crippen molar-refractivity contribution in [3.8, 4) is 0 Å². The van der Waals surface area contributed by atoms with Crippen molar-refractivity contribution in [1.82, 2.24) is 4.90 Å². The second-order valence-corrected chi connectivity index (χ2v) is 5.45. The van der Waals surface area contributed by atoms with Gasteiger partial charge in [-0.15, -0.1) is 0 Å². The molecule has 2 nitrogen and oxygen atoms in total. The molecule has 0 aliphatic carbocycles. The molecular weight excluding hydrogens is 254 g/mol. The molecule has 15 heavy (non-hydrogen) atoms. The topological polar surface area (TPSA) is 20.3 Å². The Bertz CT molecular complexity index is 180. The predicted molar refractivity (Wildman–Crippen MR) is 69.3 cm³/mol. The summed E-state index contributed by atoms with van der Waals surface area (Å²) >= 11 is 3.40. The smallest absolute Gasteiger partial charge is 0.222 e. The number of hydrogen-bond donors (Lipinski definition) is 0. The van der Waals surface area contributed by atoms with Crippen molar-refractivity contribution in [2.24, 2.45) is 5.92 Å². The van der Waals surface area contributed by atoms with Gasteiger partial charge < -0.3 is 4.90 Å². The Morgan fingerprint density at radius 2 is 1.87 bits per heavy atom. The first-order chi connectivity index (χ1) is 6.99. The Morgan fingerprint density at radius 3 is 2.27 bits per heavy atom. The number of halogens is 1. The summed E-state index contributed by atoms with van der Waals surface area (Å²) in [5.41, 5.74) is 0. The van der Waals surface area contributed by atoms with E-state index in [-0.39, 0.29) is 0 Å². The molecule has 0 aromatic heterocycles. The average Bonchev–Trinajstić information content (AvgIpc) is 2.14. The number of hydrogen-bond acceptors (Lipinski definition) is 1. The Morgan fingerprint density at radius 1 is 1.27 bits per heavy atom. The second kappa shape index (κ2) is 8.14. The van der Waals surface area contributed by atoms with Crippen molar-refractivity contribution >= 4 is 21.8 Å². The Hall–Kier alpha value is -0.0500. The lowest BCUT2D eigenvalue weighted by atomic mass is 10.1. The fraction of sp³-hybridized carbons (Fsp3) is 0.917. The van der Waals surface area contributed by atoms with E-state index in [1.165, 1.54) is 0 Å². The molecule has 0 aromatic carbocycles. The minimum absolute atomic E-state index is 0.305. The van der Waals surface area contributed by atoms with Crippen molar-refractivity contribution in [1.29, 1.82) is 0 Å². The SMILES string of the molecule is CC(C)CCC(=O)N(CCCBr)C(C)C. The van der Waals surface area contributed by atoms with Crippen molar-refractivity contribution < 1.29 is 4.79 Å². The van der Waals surface area contributed by atoms with E-state index < -0.39 is 0 Å². The molecule has 0 aliphatic rings. The Kier molecular flexibility index (Phi) is 8.12. The predicted octanol–water partition coefficient (Wildman–Crippen LogP) is 3.44. The van der Waals surface area contributed by atoms with Crippen LogP contribution in [0.1, 0.15) is 47.0 Å². The molecule has 1 amide bonds. The first-order valence-electron chi connectivity index (χ1n) is 5.84. The van der Waals surface area contributed by atoms with Gasteiger partial charge in [0.25, 0.3) is 0 Å². The van der Waals surface area contributed by atoms with Crippen LogP contribution in [0.3, 0.4) is 0 Å². The minimum atomic E-state index is 0.305. The van der Waals surface area contributed by atoms with E-state index in [1.54, 1.807) is 0 Å². The molecule has 0 saturated carbocycles. The summed E-state index contributed by atoms with van der Waals surface area (Å²) < 4.78 is 0. The summed E-state index contributed by atoms with van der Waals surface area (Å²) in [6.45, 7) is 9.36. The van der Waals surface area contributed by atoms with Crippen molar-refractivity contribution in [3.63, 3.8) is 0 Å². The van der Waals surface area contributed by atoms with E-state index in [0.29, 0.717) is 24.3 Å². The first-order valence-corrected chi connectivity index (χ1v) is 6.96. The molecule has 0 radical (unpaired) electrons. The highest BCUT2D eigenvalue weighted by Crippen LogP contribution is 2.09. The molecule has 0 fully saturated rings. The molecule has 0 saturated heterocycles. The number of carbonyl (C=O) groups excluding carboxylic acids is 1. The fourth-order valence-corrected chi connectivity index (χ4v) is 1.71. The van der Waals surface area contributed by atoms with Gasteiger partial charge in [-0.1, -0.05) is 29.8 Å². The molecule has 3 heteroatoms. The van der Waals surface area contributed by atoms with Gasteiger partial charge >= 0.3 is 0 Å².